The maximum atomic E-state index is 12.2. The number of fused-ring (bicyclic) bond motifs is 1. The molecular weight excluding hydrogens is 248 g/mol. The third kappa shape index (κ3) is 3.39. The number of nitrogens with zero attached hydrogens (tertiary/aromatic N) is 1. The van der Waals surface area contributed by atoms with Gasteiger partial charge in [-0.1, -0.05) is 0 Å². The number of likely N-dealkylation sites (tertiary alicyclic amines) is 1. The number of carbonyl (C=O) groups is 1. The second-order valence-electron chi connectivity index (χ2n) is 5.27. The molecule has 2 N–H and O–H groups in total. The van der Waals surface area contributed by atoms with Crippen LogP contribution in [0.5, 0.6) is 0 Å². The average Bonchev–Trinajstić information content (AvgIpc) is 2.43. The quantitative estimate of drug-likeness (QED) is 0.832. The molecule has 3 atom stereocenters. The fraction of sp³-hybridized carbons (Fsp3) is 0.923. The lowest BCUT2D eigenvalue weighted by molar-refractivity contribution is -0.139. The Bertz CT molecular complexity index is 288. The predicted octanol–water partition coefficient (Wildman–Crippen LogP) is 1.09. The average molecular weight is 272 g/mol. The molecule has 0 spiro atoms. The molecule has 0 aromatic heterocycles. The summed E-state index contributed by atoms with van der Waals surface area (Å²) in [6, 6.07) is -0.321. The zero-order valence-electron chi connectivity index (χ0n) is 11.1. The molecule has 0 aromatic carbocycles. The second-order valence-corrected chi connectivity index (χ2v) is 6.26. The highest BCUT2D eigenvalue weighted by molar-refractivity contribution is 7.98. The first kappa shape index (κ1) is 14.2. The molecule has 2 rings (SSSR count). The Morgan fingerprint density at radius 1 is 1.56 bits per heavy atom. The number of hydrogen-bond donors (Lipinski definition) is 1. The summed E-state index contributed by atoms with van der Waals surface area (Å²) in [4.78, 5) is 14.2. The lowest BCUT2D eigenvalue weighted by atomic mass is 9.88. The number of amides is 1. The molecule has 2 aliphatic rings. The Morgan fingerprint density at radius 2 is 2.39 bits per heavy atom. The minimum atomic E-state index is -0.321. The maximum absolute atomic E-state index is 12.2. The largest absolute Gasteiger partial charge is 0.378 e. The fourth-order valence-electron chi connectivity index (χ4n) is 2.89. The van der Waals surface area contributed by atoms with Crippen molar-refractivity contribution in [3.05, 3.63) is 0 Å². The van der Waals surface area contributed by atoms with E-state index >= 15 is 0 Å². The smallest absolute Gasteiger partial charge is 0.239 e. The summed E-state index contributed by atoms with van der Waals surface area (Å²) in [7, 11) is 0. The van der Waals surface area contributed by atoms with Crippen LogP contribution in [0.15, 0.2) is 0 Å². The van der Waals surface area contributed by atoms with Crippen LogP contribution in [0.2, 0.25) is 0 Å². The first-order chi connectivity index (χ1) is 8.72. The molecule has 0 saturated carbocycles. The normalized spacial score (nSPS) is 29.8. The number of hydrogen-bond acceptors (Lipinski definition) is 4. The van der Waals surface area contributed by atoms with Crippen molar-refractivity contribution in [2.24, 2.45) is 11.7 Å². The molecule has 1 amide bonds. The third-order valence-electron chi connectivity index (χ3n) is 3.98. The number of thioether (sulfide) groups is 1. The van der Waals surface area contributed by atoms with Gasteiger partial charge in [0.05, 0.1) is 12.1 Å². The van der Waals surface area contributed by atoms with Crippen LogP contribution in [0.1, 0.15) is 25.7 Å². The number of carbonyl (C=O) groups excluding carboxylic acids is 1. The van der Waals surface area contributed by atoms with E-state index in [1.54, 1.807) is 11.8 Å². The molecule has 0 aliphatic carbocycles. The zero-order chi connectivity index (χ0) is 13.0. The Labute approximate surface area is 114 Å². The molecule has 0 bridgehead atoms. The van der Waals surface area contributed by atoms with Gasteiger partial charge in [0.2, 0.25) is 5.91 Å². The van der Waals surface area contributed by atoms with Crippen LogP contribution in [0.4, 0.5) is 0 Å². The lowest BCUT2D eigenvalue weighted by Crippen LogP contribution is -2.52. The molecular formula is C13H24N2O2S. The van der Waals surface area contributed by atoms with Crippen LogP contribution in [-0.4, -0.2) is 54.7 Å². The molecule has 18 heavy (non-hydrogen) atoms. The van der Waals surface area contributed by atoms with Gasteiger partial charge < -0.3 is 15.4 Å². The molecule has 2 saturated heterocycles. The van der Waals surface area contributed by atoms with Gasteiger partial charge in [0.25, 0.3) is 0 Å². The van der Waals surface area contributed by atoms with E-state index in [1.165, 1.54) is 6.42 Å². The number of rotatable bonds is 4. The topological polar surface area (TPSA) is 55.6 Å². The Kier molecular flexibility index (Phi) is 5.33. The van der Waals surface area contributed by atoms with Gasteiger partial charge in [-0.2, -0.15) is 11.8 Å². The monoisotopic (exact) mass is 272 g/mol. The summed E-state index contributed by atoms with van der Waals surface area (Å²) in [5.41, 5.74) is 5.97. The van der Waals surface area contributed by atoms with Gasteiger partial charge in [0.1, 0.15) is 0 Å². The molecule has 4 nitrogen and oxygen atoms in total. The molecule has 2 aliphatic heterocycles. The zero-order valence-corrected chi connectivity index (χ0v) is 12.0. The SMILES string of the molecule is CSCC[C@H](N)C(=O)N1CCC2OCCCC2C1. The Morgan fingerprint density at radius 3 is 3.17 bits per heavy atom. The summed E-state index contributed by atoms with van der Waals surface area (Å²) in [5.74, 6) is 1.62. The van der Waals surface area contributed by atoms with Crippen LogP contribution in [0.3, 0.4) is 0 Å². The minimum Gasteiger partial charge on any atom is -0.378 e. The van der Waals surface area contributed by atoms with Crippen LogP contribution >= 0.6 is 11.8 Å². The van der Waals surface area contributed by atoms with E-state index < -0.39 is 0 Å². The van der Waals surface area contributed by atoms with Crippen molar-refractivity contribution in [3.63, 3.8) is 0 Å². The summed E-state index contributed by atoms with van der Waals surface area (Å²) >= 11 is 1.74. The second kappa shape index (κ2) is 6.78. The van der Waals surface area contributed by atoms with Crippen LogP contribution in [-0.2, 0) is 9.53 Å². The van der Waals surface area contributed by atoms with Crippen LogP contribution in [0.25, 0.3) is 0 Å². The van der Waals surface area contributed by atoms with E-state index in [0.29, 0.717) is 12.0 Å². The Balaban J connectivity index is 1.84. The molecule has 0 aromatic rings. The molecule has 2 unspecified atom stereocenters. The van der Waals surface area contributed by atoms with Gasteiger partial charge in [0.15, 0.2) is 0 Å². The standard InChI is InChI=1S/C13H24N2O2S/c1-18-8-5-11(14)13(16)15-6-4-12-10(9-15)3-2-7-17-12/h10-12H,2-9,14H2,1H3/t10?,11-,12?/m0/s1. The highest BCUT2D eigenvalue weighted by Crippen LogP contribution is 2.28. The lowest BCUT2D eigenvalue weighted by Gasteiger charge is -2.41. The summed E-state index contributed by atoms with van der Waals surface area (Å²) in [6.07, 6.45) is 6.50. The predicted molar refractivity (Wildman–Crippen MR) is 74.6 cm³/mol. The number of piperidine rings is 1. The number of ether oxygens (including phenoxy) is 1. The maximum Gasteiger partial charge on any atom is 0.239 e. The highest BCUT2D eigenvalue weighted by atomic mass is 32.2. The van der Waals surface area contributed by atoms with Crippen molar-refractivity contribution in [2.45, 2.75) is 37.8 Å². The van der Waals surface area contributed by atoms with Crippen molar-refractivity contribution in [3.8, 4) is 0 Å². The van der Waals surface area contributed by atoms with E-state index in [4.69, 9.17) is 10.5 Å². The molecule has 0 radical (unpaired) electrons. The van der Waals surface area contributed by atoms with E-state index in [9.17, 15) is 4.79 Å². The van der Waals surface area contributed by atoms with E-state index in [0.717, 1.165) is 44.7 Å². The van der Waals surface area contributed by atoms with E-state index in [2.05, 4.69) is 0 Å². The number of nitrogens with two attached hydrogens (primary N) is 1. The third-order valence-corrected chi connectivity index (χ3v) is 4.62. The summed E-state index contributed by atoms with van der Waals surface area (Å²) in [6.45, 7) is 2.55. The first-order valence-corrected chi connectivity index (χ1v) is 8.26. The molecule has 2 heterocycles. The summed E-state index contributed by atoms with van der Waals surface area (Å²) < 4.78 is 5.76. The van der Waals surface area contributed by atoms with Gasteiger partial charge >= 0.3 is 0 Å². The van der Waals surface area contributed by atoms with Crippen molar-refractivity contribution >= 4 is 17.7 Å². The van der Waals surface area contributed by atoms with Gasteiger partial charge in [-0.3, -0.25) is 4.79 Å². The molecule has 5 heteroatoms. The van der Waals surface area contributed by atoms with E-state index in [-0.39, 0.29) is 11.9 Å². The van der Waals surface area contributed by atoms with E-state index in [1.807, 2.05) is 11.2 Å². The molecule has 2 fully saturated rings. The van der Waals surface area contributed by atoms with Gasteiger partial charge in [0, 0.05) is 25.6 Å². The summed E-state index contributed by atoms with van der Waals surface area (Å²) in [5, 5.41) is 0. The van der Waals surface area contributed by atoms with Crippen LogP contribution in [0, 0.1) is 5.92 Å². The van der Waals surface area contributed by atoms with Crippen molar-refractivity contribution < 1.29 is 9.53 Å². The van der Waals surface area contributed by atoms with Crippen LogP contribution < -0.4 is 5.73 Å². The van der Waals surface area contributed by atoms with Crippen molar-refractivity contribution in [1.29, 1.82) is 0 Å². The Hall–Kier alpha value is -0.260. The fourth-order valence-corrected chi connectivity index (χ4v) is 3.38. The first-order valence-electron chi connectivity index (χ1n) is 6.87. The molecule has 104 valence electrons. The van der Waals surface area contributed by atoms with Crippen molar-refractivity contribution in [1.82, 2.24) is 4.90 Å². The van der Waals surface area contributed by atoms with Gasteiger partial charge in [-0.15, -0.1) is 0 Å². The van der Waals surface area contributed by atoms with Crippen molar-refractivity contribution in [2.75, 3.05) is 31.7 Å². The minimum absolute atomic E-state index is 0.132. The highest BCUT2D eigenvalue weighted by Gasteiger charge is 2.34. The van der Waals surface area contributed by atoms with Gasteiger partial charge in [-0.25, -0.2) is 0 Å². The van der Waals surface area contributed by atoms with Gasteiger partial charge in [-0.05, 0) is 37.7 Å².